The molecule has 0 spiro atoms. The number of hydrogen-bond donors (Lipinski definition) is 2. The van der Waals surface area contributed by atoms with Crippen molar-refractivity contribution in [3.05, 3.63) is 47.0 Å². The molecule has 5 rings (SSSR count). The van der Waals surface area contributed by atoms with Crippen LogP contribution in [0.5, 0.6) is 5.88 Å². The van der Waals surface area contributed by atoms with Gasteiger partial charge in [0.1, 0.15) is 10.0 Å². The van der Waals surface area contributed by atoms with Crippen LogP contribution in [0.2, 0.25) is 5.15 Å². The molecule has 1 saturated heterocycles. The summed E-state index contributed by atoms with van der Waals surface area (Å²) in [6, 6.07) is 4.16. The number of ether oxygens (including phenoxy) is 1. The minimum absolute atomic E-state index is 0.0958. The van der Waals surface area contributed by atoms with Crippen LogP contribution < -0.4 is 14.8 Å². The zero-order valence-electron chi connectivity index (χ0n) is 24.6. The van der Waals surface area contributed by atoms with Crippen molar-refractivity contribution in [2.75, 3.05) is 13.2 Å². The van der Waals surface area contributed by atoms with E-state index in [2.05, 4.69) is 34.3 Å². The lowest BCUT2D eigenvalue weighted by atomic mass is 9.94. The van der Waals surface area contributed by atoms with Crippen molar-refractivity contribution in [3.8, 4) is 11.7 Å². The number of carbonyl (C=O) groups is 1. The fourth-order valence-electron chi connectivity index (χ4n) is 5.58. The SMILES string of the molecule is Cc1c(S(=O)(=O)NC(=O)c2ccc(-n3ccc(OCCC4(C(F)(F)F)CC4)n3)nc2Cl)cnn1CCCC1CNC(C)(C)C1. The Bertz CT molecular complexity index is 1630. The third kappa shape index (κ3) is 7.04. The van der Waals surface area contributed by atoms with Crippen LogP contribution in [0, 0.1) is 18.3 Å². The zero-order valence-corrected chi connectivity index (χ0v) is 26.2. The van der Waals surface area contributed by atoms with Crippen molar-refractivity contribution in [1.82, 2.24) is 34.6 Å². The number of alkyl halides is 3. The van der Waals surface area contributed by atoms with E-state index in [1.165, 1.54) is 35.3 Å². The molecule has 1 aliphatic heterocycles. The Hall–Kier alpha value is -3.17. The monoisotopic (exact) mass is 657 g/mol. The second-order valence-electron chi connectivity index (χ2n) is 12.2. The highest BCUT2D eigenvalue weighted by Gasteiger charge is 2.62. The van der Waals surface area contributed by atoms with E-state index in [-0.39, 0.29) is 58.7 Å². The third-order valence-electron chi connectivity index (χ3n) is 8.39. The molecule has 1 aliphatic carbocycles. The van der Waals surface area contributed by atoms with Crippen LogP contribution in [-0.4, -0.2) is 63.7 Å². The van der Waals surface area contributed by atoms with Crippen molar-refractivity contribution in [2.24, 2.45) is 11.3 Å². The van der Waals surface area contributed by atoms with Gasteiger partial charge in [0.2, 0.25) is 5.88 Å². The number of halogens is 4. The van der Waals surface area contributed by atoms with E-state index in [1.807, 2.05) is 4.72 Å². The molecule has 3 aromatic heterocycles. The van der Waals surface area contributed by atoms with Crippen molar-refractivity contribution in [3.63, 3.8) is 0 Å². The van der Waals surface area contributed by atoms with Crippen molar-refractivity contribution in [1.29, 1.82) is 0 Å². The van der Waals surface area contributed by atoms with Gasteiger partial charge in [0.15, 0.2) is 5.82 Å². The Labute approximate surface area is 258 Å². The number of hydrogen-bond acceptors (Lipinski definition) is 8. The maximum atomic E-state index is 13.1. The second kappa shape index (κ2) is 12.0. The summed E-state index contributed by atoms with van der Waals surface area (Å²) in [4.78, 5) is 16.9. The summed E-state index contributed by atoms with van der Waals surface area (Å²) in [5.74, 6) is -0.125. The van der Waals surface area contributed by atoms with Crippen molar-refractivity contribution >= 4 is 27.5 Å². The minimum atomic E-state index is -4.26. The fourth-order valence-corrected chi connectivity index (χ4v) is 6.96. The van der Waals surface area contributed by atoms with E-state index in [4.69, 9.17) is 16.3 Å². The molecule has 4 heterocycles. The lowest BCUT2D eigenvalue weighted by molar-refractivity contribution is -0.190. The van der Waals surface area contributed by atoms with Gasteiger partial charge in [0, 0.05) is 24.3 Å². The molecule has 1 atom stereocenters. The van der Waals surface area contributed by atoms with Gasteiger partial charge in [0.25, 0.3) is 15.9 Å². The van der Waals surface area contributed by atoms with E-state index < -0.39 is 27.5 Å². The van der Waals surface area contributed by atoms with Crippen LogP contribution in [0.4, 0.5) is 13.2 Å². The van der Waals surface area contributed by atoms with Crippen molar-refractivity contribution in [2.45, 2.75) is 82.5 Å². The molecule has 3 aromatic rings. The lowest BCUT2D eigenvalue weighted by Gasteiger charge is -2.18. The molecular weight excluding hydrogens is 623 g/mol. The first kappa shape index (κ1) is 32.2. The summed E-state index contributed by atoms with van der Waals surface area (Å²) >= 11 is 6.24. The Balaban J connectivity index is 1.17. The van der Waals surface area contributed by atoms with Gasteiger partial charge < -0.3 is 10.1 Å². The van der Waals surface area contributed by atoms with Crippen LogP contribution in [-0.2, 0) is 16.6 Å². The number of pyridine rings is 1. The molecule has 2 aliphatic rings. The first-order valence-electron chi connectivity index (χ1n) is 14.4. The molecule has 2 fully saturated rings. The topological polar surface area (TPSA) is 133 Å². The van der Waals surface area contributed by atoms with E-state index in [0.717, 1.165) is 25.8 Å². The highest BCUT2D eigenvalue weighted by atomic mass is 35.5. The fraction of sp³-hybridized carbons (Fsp3) is 0.571. The average Bonchev–Trinajstić information content (AvgIpc) is 3.23. The van der Waals surface area contributed by atoms with Gasteiger partial charge >= 0.3 is 6.18 Å². The number of rotatable bonds is 12. The number of aryl methyl sites for hydroxylation is 1. The predicted octanol–water partition coefficient (Wildman–Crippen LogP) is 4.82. The normalized spacial score (nSPS) is 19.2. The number of nitrogens with zero attached hydrogens (tertiary/aromatic N) is 5. The molecule has 44 heavy (non-hydrogen) atoms. The first-order chi connectivity index (χ1) is 20.6. The maximum absolute atomic E-state index is 13.1. The molecule has 1 unspecified atom stereocenters. The molecule has 0 radical (unpaired) electrons. The molecule has 2 N–H and O–H groups in total. The number of amides is 1. The van der Waals surface area contributed by atoms with Crippen LogP contribution in [0.25, 0.3) is 5.82 Å². The van der Waals surface area contributed by atoms with E-state index in [1.54, 1.807) is 11.6 Å². The molecular formula is C28H35ClF3N7O4S. The van der Waals surface area contributed by atoms with Gasteiger partial charge in [-0.1, -0.05) is 11.6 Å². The molecule has 16 heteroatoms. The number of sulfonamides is 1. The van der Waals surface area contributed by atoms with Gasteiger partial charge in [-0.2, -0.15) is 18.3 Å². The molecule has 0 bridgehead atoms. The average molecular weight is 658 g/mol. The van der Waals surface area contributed by atoms with E-state index >= 15 is 0 Å². The van der Waals surface area contributed by atoms with Gasteiger partial charge in [0.05, 0.1) is 29.5 Å². The summed E-state index contributed by atoms with van der Waals surface area (Å²) in [6.45, 7) is 7.36. The Morgan fingerprint density at radius 3 is 2.64 bits per heavy atom. The highest BCUT2D eigenvalue weighted by molar-refractivity contribution is 7.90. The van der Waals surface area contributed by atoms with E-state index in [0.29, 0.717) is 18.2 Å². The minimum Gasteiger partial charge on any atom is -0.477 e. The second-order valence-corrected chi connectivity index (χ2v) is 14.2. The predicted molar refractivity (Wildman–Crippen MR) is 155 cm³/mol. The summed E-state index contributed by atoms with van der Waals surface area (Å²) in [7, 11) is -4.26. The largest absolute Gasteiger partial charge is 0.477 e. The number of aromatic nitrogens is 5. The van der Waals surface area contributed by atoms with Gasteiger partial charge in [-0.25, -0.2) is 22.8 Å². The lowest BCUT2D eigenvalue weighted by Crippen LogP contribution is -2.31. The smallest absolute Gasteiger partial charge is 0.394 e. The van der Waals surface area contributed by atoms with Crippen LogP contribution in [0.15, 0.2) is 35.5 Å². The quantitative estimate of drug-likeness (QED) is 0.265. The number of nitrogens with one attached hydrogen (secondary N) is 2. The zero-order chi connectivity index (χ0) is 31.9. The summed E-state index contributed by atoms with van der Waals surface area (Å²) in [6.07, 6.45) is 1.39. The first-order valence-corrected chi connectivity index (χ1v) is 16.2. The van der Waals surface area contributed by atoms with Crippen LogP contribution in [0.3, 0.4) is 0 Å². The molecule has 11 nitrogen and oxygen atoms in total. The van der Waals surface area contributed by atoms with Crippen molar-refractivity contribution < 1.29 is 31.1 Å². The Kier molecular flexibility index (Phi) is 8.77. The molecule has 1 saturated carbocycles. The Morgan fingerprint density at radius 2 is 2.00 bits per heavy atom. The molecule has 0 aromatic carbocycles. The molecule has 240 valence electrons. The summed E-state index contributed by atoms with van der Waals surface area (Å²) in [5, 5.41) is 11.6. The van der Waals surface area contributed by atoms with Crippen LogP contribution >= 0.6 is 11.6 Å². The van der Waals surface area contributed by atoms with Gasteiger partial charge in [-0.05, 0) is 83.9 Å². The highest BCUT2D eigenvalue weighted by Crippen LogP contribution is 2.59. The number of carbonyl (C=O) groups excluding carboxylic acids is 1. The standard InChI is InChI=1S/C28H35ClF3N7O4S/c1-18-21(17-34-38(18)12-4-5-19-15-26(2,3)33-16-19)44(41,42)37-25(40)20-6-7-22(35-24(20)29)39-13-8-23(36-39)43-14-11-27(9-10-27)28(30,31)32/h6-8,13,17,19,33H,4-5,9-12,14-16H2,1-3H3,(H,37,40). The third-order valence-corrected chi connectivity index (χ3v) is 10.1. The van der Waals surface area contributed by atoms with Crippen LogP contribution in [0.1, 0.15) is 68.4 Å². The van der Waals surface area contributed by atoms with E-state index in [9.17, 15) is 26.4 Å². The Morgan fingerprint density at radius 1 is 1.25 bits per heavy atom. The molecule has 1 amide bonds. The summed E-state index contributed by atoms with van der Waals surface area (Å²) in [5.41, 5.74) is -1.30. The van der Waals surface area contributed by atoms with Gasteiger partial charge in [-0.15, -0.1) is 5.10 Å². The summed E-state index contributed by atoms with van der Waals surface area (Å²) < 4.78 is 75.8. The maximum Gasteiger partial charge on any atom is 0.394 e. The van der Waals surface area contributed by atoms with Gasteiger partial charge in [-0.3, -0.25) is 9.48 Å².